The van der Waals surface area contributed by atoms with Crippen molar-refractivity contribution in [2.75, 3.05) is 18.0 Å². The molecule has 1 N–H and O–H groups in total. The highest BCUT2D eigenvalue weighted by atomic mass is 79.9. The number of halogens is 1. The molecule has 2 aliphatic heterocycles. The Morgan fingerprint density at radius 2 is 1.90 bits per heavy atom. The summed E-state index contributed by atoms with van der Waals surface area (Å²) in [5, 5.41) is 10.2. The van der Waals surface area contributed by atoms with Crippen LogP contribution in [0, 0.1) is 0 Å². The Kier molecular flexibility index (Phi) is 4.35. The number of aromatic nitrogens is 1. The maximum Gasteiger partial charge on any atom is 0.339 e. The lowest BCUT2D eigenvalue weighted by Crippen LogP contribution is -2.43. The van der Waals surface area contributed by atoms with Gasteiger partial charge in [0, 0.05) is 42.4 Å². The van der Waals surface area contributed by atoms with Gasteiger partial charge in [-0.25, -0.2) is 4.79 Å². The van der Waals surface area contributed by atoms with Crippen molar-refractivity contribution in [1.82, 2.24) is 4.98 Å². The number of benzene rings is 2. The Labute approximate surface area is 176 Å². The van der Waals surface area contributed by atoms with E-state index in [9.17, 15) is 9.90 Å². The van der Waals surface area contributed by atoms with Gasteiger partial charge in [-0.15, -0.1) is 0 Å². The van der Waals surface area contributed by atoms with Gasteiger partial charge in [0.2, 0.25) is 0 Å². The van der Waals surface area contributed by atoms with Crippen molar-refractivity contribution in [1.29, 1.82) is 0 Å². The summed E-state index contributed by atoms with van der Waals surface area (Å²) in [6.45, 7) is 1.24. The SMILES string of the molecule is O=C1OC2(CCN(c3nc(O)c(Cc4ccccc4)o3)CC2)c2ccc(Br)cc21. The predicted octanol–water partition coefficient (Wildman–Crippen LogP) is 4.40. The topological polar surface area (TPSA) is 75.8 Å². The average molecular weight is 455 g/mol. The highest BCUT2D eigenvalue weighted by Crippen LogP contribution is 2.45. The number of esters is 1. The summed E-state index contributed by atoms with van der Waals surface area (Å²) in [5.74, 6) is 0.106. The molecule has 6 nitrogen and oxygen atoms in total. The standard InChI is InChI=1S/C22H19BrN2O4/c23-15-6-7-17-16(13-15)20(27)29-22(17)8-10-25(11-9-22)21-24-19(26)18(28-21)12-14-4-2-1-3-5-14/h1-7,13,26H,8-12H2. The van der Waals surface area contributed by atoms with Crippen LogP contribution in [0.3, 0.4) is 0 Å². The molecular weight excluding hydrogens is 436 g/mol. The third-order valence-electron chi connectivity index (χ3n) is 5.70. The predicted molar refractivity (Wildman–Crippen MR) is 110 cm³/mol. The normalized spacial score (nSPS) is 17.4. The fourth-order valence-corrected chi connectivity index (χ4v) is 4.53. The first-order chi connectivity index (χ1) is 14.0. The van der Waals surface area contributed by atoms with Crippen LogP contribution < -0.4 is 4.90 Å². The van der Waals surface area contributed by atoms with Gasteiger partial charge in [0.1, 0.15) is 5.60 Å². The van der Waals surface area contributed by atoms with Crippen LogP contribution in [0.5, 0.6) is 5.88 Å². The molecule has 0 radical (unpaired) electrons. The number of hydrogen-bond acceptors (Lipinski definition) is 6. The van der Waals surface area contributed by atoms with Crippen molar-refractivity contribution in [3.05, 3.63) is 75.5 Å². The second-order valence-electron chi connectivity index (χ2n) is 7.47. The first-order valence-corrected chi connectivity index (χ1v) is 10.3. The van der Waals surface area contributed by atoms with Crippen LogP contribution in [0.15, 0.2) is 57.4 Å². The zero-order valence-electron chi connectivity index (χ0n) is 15.6. The second kappa shape index (κ2) is 6.91. The summed E-state index contributed by atoms with van der Waals surface area (Å²) in [6, 6.07) is 16.0. The minimum absolute atomic E-state index is 0.0772. The number of carbonyl (C=O) groups is 1. The Morgan fingerprint density at radius 3 is 2.66 bits per heavy atom. The molecule has 0 aliphatic carbocycles. The first-order valence-electron chi connectivity index (χ1n) is 9.55. The molecule has 3 heterocycles. The summed E-state index contributed by atoms with van der Waals surface area (Å²) in [6.07, 6.45) is 1.77. The highest BCUT2D eigenvalue weighted by molar-refractivity contribution is 9.10. The summed E-state index contributed by atoms with van der Waals surface area (Å²) in [5.41, 5.74) is 2.03. The molecule has 3 aromatic rings. The van der Waals surface area contributed by atoms with Gasteiger partial charge in [-0.1, -0.05) is 52.3 Å². The molecule has 2 aliphatic rings. The fraction of sp³-hybridized carbons (Fsp3) is 0.273. The lowest BCUT2D eigenvalue weighted by Gasteiger charge is -2.37. The zero-order valence-corrected chi connectivity index (χ0v) is 17.2. The minimum Gasteiger partial charge on any atom is -0.491 e. The number of hydrogen-bond donors (Lipinski definition) is 1. The number of fused-ring (bicyclic) bond motifs is 2. The molecule has 0 atom stereocenters. The number of nitrogens with zero attached hydrogens (tertiary/aromatic N) is 2. The van der Waals surface area contributed by atoms with Gasteiger partial charge in [0.05, 0.1) is 5.56 Å². The highest BCUT2D eigenvalue weighted by Gasteiger charge is 2.47. The smallest absolute Gasteiger partial charge is 0.339 e. The van der Waals surface area contributed by atoms with Crippen molar-refractivity contribution >= 4 is 27.9 Å². The van der Waals surface area contributed by atoms with Gasteiger partial charge in [-0.2, -0.15) is 4.98 Å². The molecule has 148 valence electrons. The lowest BCUT2D eigenvalue weighted by molar-refractivity contribution is -0.0214. The van der Waals surface area contributed by atoms with Crippen LogP contribution in [0.25, 0.3) is 0 Å². The molecule has 7 heteroatoms. The Morgan fingerprint density at radius 1 is 1.14 bits per heavy atom. The molecule has 0 unspecified atom stereocenters. The zero-order chi connectivity index (χ0) is 20.0. The van der Waals surface area contributed by atoms with Crippen molar-refractivity contribution in [3.63, 3.8) is 0 Å². The van der Waals surface area contributed by atoms with E-state index in [1.54, 1.807) is 0 Å². The van der Waals surface area contributed by atoms with Gasteiger partial charge in [0.15, 0.2) is 5.76 Å². The number of aromatic hydroxyl groups is 1. The molecule has 1 saturated heterocycles. The third-order valence-corrected chi connectivity index (χ3v) is 6.19. The maximum atomic E-state index is 12.3. The van der Waals surface area contributed by atoms with Crippen LogP contribution >= 0.6 is 15.9 Å². The fourth-order valence-electron chi connectivity index (χ4n) is 4.16. The number of ether oxygens (including phenoxy) is 1. The third kappa shape index (κ3) is 3.19. The van der Waals surface area contributed by atoms with Crippen molar-refractivity contribution in [2.24, 2.45) is 0 Å². The van der Waals surface area contributed by atoms with Gasteiger partial charge in [0.25, 0.3) is 5.88 Å². The molecule has 0 bridgehead atoms. The average Bonchev–Trinajstić information content (AvgIpc) is 3.21. The molecule has 29 heavy (non-hydrogen) atoms. The molecule has 1 aromatic heterocycles. The van der Waals surface area contributed by atoms with Crippen LogP contribution in [0.4, 0.5) is 6.01 Å². The van der Waals surface area contributed by atoms with Gasteiger partial charge in [-0.3, -0.25) is 0 Å². The summed E-state index contributed by atoms with van der Waals surface area (Å²) >= 11 is 3.42. The number of piperidine rings is 1. The number of rotatable bonds is 3. The van der Waals surface area contributed by atoms with Gasteiger partial charge < -0.3 is 19.2 Å². The van der Waals surface area contributed by atoms with E-state index in [-0.39, 0.29) is 11.8 Å². The molecule has 0 amide bonds. The van der Waals surface area contributed by atoms with Crippen molar-refractivity contribution in [3.8, 4) is 5.88 Å². The minimum atomic E-state index is -0.592. The summed E-state index contributed by atoms with van der Waals surface area (Å²) in [7, 11) is 0. The Hall–Kier alpha value is -2.80. The number of anilines is 1. The van der Waals surface area contributed by atoms with E-state index in [0.29, 0.717) is 49.7 Å². The van der Waals surface area contributed by atoms with Crippen molar-refractivity contribution in [2.45, 2.75) is 24.9 Å². The van der Waals surface area contributed by atoms with Crippen LogP contribution in [-0.2, 0) is 16.8 Å². The molecule has 5 rings (SSSR count). The first kappa shape index (κ1) is 18.2. The van der Waals surface area contributed by atoms with Crippen LogP contribution in [0.2, 0.25) is 0 Å². The van der Waals surface area contributed by atoms with E-state index in [2.05, 4.69) is 20.9 Å². The van der Waals surface area contributed by atoms with E-state index in [1.807, 2.05) is 53.4 Å². The second-order valence-corrected chi connectivity index (χ2v) is 8.38. The Bertz CT molecular complexity index is 1070. The number of oxazole rings is 1. The molecule has 1 spiro atoms. The van der Waals surface area contributed by atoms with E-state index in [4.69, 9.17) is 9.15 Å². The van der Waals surface area contributed by atoms with E-state index in [1.165, 1.54) is 0 Å². The Balaban J connectivity index is 1.33. The largest absolute Gasteiger partial charge is 0.491 e. The monoisotopic (exact) mass is 454 g/mol. The molecular formula is C22H19BrN2O4. The molecule has 2 aromatic carbocycles. The maximum absolute atomic E-state index is 12.3. The van der Waals surface area contributed by atoms with Crippen LogP contribution in [-0.4, -0.2) is 29.1 Å². The van der Waals surface area contributed by atoms with Gasteiger partial charge >= 0.3 is 12.0 Å². The van der Waals surface area contributed by atoms with E-state index >= 15 is 0 Å². The van der Waals surface area contributed by atoms with E-state index < -0.39 is 5.60 Å². The summed E-state index contributed by atoms with van der Waals surface area (Å²) < 4.78 is 12.6. The number of carbonyl (C=O) groups excluding carboxylic acids is 1. The lowest BCUT2D eigenvalue weighted by atomic mass is 9.84. The van der Waals surface area contributed by atoms with Crippen LogP contribution in [0.1, 0.15) is 40.1 Å². The van der Waals surface area contributed by atoms with E-state index in [0.717, 1.165) is 15.6 Å². The quantitative estimate of drug-likeness (QED) is 0.591. The molecule has 0 saturated carbocycles. The van der Waals surface area contributed by atoms with Crippen molar-refractivity contribution < 1.29 is 19.1 Å². The van der Waals surface area contributed by atoms with Gasteiger partial charge in [-0.05, 0) is 17.7 Å². The summed E-state index contributed by atoms with van der Waals surface area (Å²) in [4.78, 5) is 18.6. The molecule has 1 fully saturated rings.